The van der Waals surface area contributed by atoms with Gasteiger partial charge in [0.25, 0.3) is 0 Å². The van der Waals surface area contributed by atoms with E-state index in [1.54, 1.807) is 13.2 Å². The molecule has 0 bridgehead atoms. The van der Waals surface area contributed by atoms with Crippen LogP contribution in [0.5, 0.6) is 0 Å². The Kier molecular flexibility index (Phi) is 7.07. The molecule has 0 spiro atoms. The quantitative estimate of drug-likeness (QED) is 0.686. The highest BCUT2D eigenvalue weighted by atomic mass is 32.2. The first-order valence-corrected chi connectivity index (χ1v) is 8.67. The number of methoxy groups -OCH3 is 1. The minimum absolute atomic E-state index is 0.329. The van der Waals surface area contributed by atoms with Crippen molar-refractivity contribution in [3.8, 4) is 0 Å². The summed E-state index contributed by atoms with van der Waals surface area (Å²) >= 11 is 1.23. The van der Waals surface area contributed by atoms with E-state index >= 15 is 0 Å². The molecule has 1 aromatic rings. The molecule has 0 saturated heterocycles. The maximum atomic E-state index is 12.1. The second-order valence-corrected chi connectivity index (χ2v) is 7.70. The van der Waals surface area contributed by atoms with Crippen LogP contribution < -0.4 is 10.5 Å². The molecule has 0 saturated carbocycles. The molecular formula is C12H23N3O3S2. The first-order valence-electron chi connectivity index (χ1n) is 6.37. The average Bonchev–Trinajstić information content (AvgIpc) is 2.78. The fourth-order valence-corrected chi connectivity index (χ4v) is 4.16. The summed E-state index contributed by atoms with van der Waals surface area (Å²) in [5.74, 6) is 0. The van der Waals surface area contributed by atoms with E-state index in [0.717, 1.165) is 17.0 Å². The molecule has 0 amide bonds. The van der Waals surface area contributed by atoms with Crippen molar-refractivity contribution in [3.63, 3.8) is 0 Å². The molecule has 0 atom stereocenters. The maximum absolute atomic E-state index is 12.1. The minimum atomic E-state index is -3.43. The summed E-state index contributed by atoms with van der Waals surface area (Å²) in [5, 5.41) is 0. The predicted molar refractivity (Wildman–Crippen MR) is 81.5 cm³/mol. The molecule has 8 heteroatoms. The van der Waals surface area contributed by atoms with Crippen molar-refractivity contribution < 1.29 is 13.2 Å². The van der Waals surface area contributed by atoms with Gasteiger partial charge in [-0.25, -0.2) is 13.1 Å². The normalized spacial score (nSPS) is 12.2. The van der Waals surface area contributed by atoms with Gasteiger partial charge in [-0.1, -0.05) is 0 Å². The third-order valence-electron chi connectivity index (χ3n) is 2.91. The molecule has 0 aliphatic heterocycles. The Morgan fingerprint density at radius 2 is 2.15 bits per heavy atom. The van der Waals surface area contributed by atoms with Gasteiger partial charge in [-0.05, 0) is 25.6 Å². The van der Waals surface area contributed by atoms with Gasteiger partial charge in [-0.15, -0.1) is 11.3 Å². The third kappa shape index (κ3) is 5.12. The fourth-order valence-electron chi connectivity index (χ4n) is 1.62. The molecule has 0 aliphatic carbocycles. The summed E-state index contributed by atoms with van der Waals surface area (Å²) in [6, 6.07) is 1.67. The number of rotatable bonds is 9. The lowest BCUT2D eigenvalue weighted by Gasteiger charge is -2.15. The first kappa shape index (κ1) is 17.5. The molecule has 0 unspecified atom stereocenters. The van der Waals surface area contributed by atoms with Crippen LogP contribution in [0.2, 0.25) is 0 Å². The Labute approximate surface area is 125 Å². The molecule has 0 fully saturated rings. The minimum Gasteiger partial charge on any atom is -0.383 e. The largest absolute Gasteiger partial charge is 0.383 e. The number of sulfonamides is 1. The number of likely N-dealkylation sites (N-methyl/N-ethyl adjacent to an activating group) is 1. The number of aryl methyl sites for hydroxylation is 1. The molecule has 1 rings (SSSR count). The predicted octanol–water partition coefficient (Wildman–Crippen LogP) is 0.372. The number of hydrogen-bond donors (Lipinski definition) is 2. The van der Waals surface area contributed by atoms with Crippen molar-refractivity contribution in [2.24, 2.45) is 5.73 Å². The van der Waals surface area contributed by atoms with E-state index in [2.05, 4.69) is 4.72 Å². The van der Waals surface area contributed by atoms with E-state index in [-0.39, 0.29) is 0 Å². The lowest BCUT2D eigenvalue weighted by Crippen LogP contribution is -2.34. The van der Waals surface area contributed by atoms with Gasteiger partial charge in [0, 0.05) is 38.2 Å². The number of nitrogens with one attached hydrogen (secondary N) is 1. The van der Waals surface area contributed by atoms with Gasteiger partial charge in [-0.2, -0.15) is 0 Å². The molecule has 20 heavy (non-hydrogen) atoms. The van der Waals surface area contributed by atoms with E-state index < -0.39 is 10.0 Å². The molecule has 0 aromatic carbocycles. The highest BCUT2D eigenvalue weighted by Crippen LogP contribution is 2.25. The first-order chi connectivity index (χ1) is 9.40. The number of nitrogens with two attached hydrogens (primary N) is 1. The molecule has 6 nitrogen and oxygen atoms in total. The van der Waals surface area contributed by atoms with Crippen LogP contribution in [0.4, 0.5) is 0 Å². The number of ether oxygens (including phenoxy) is 1. The van der Waals surface area contributed by atoms with Crippen molar-refractivity contribution in [1.82, 2.24) is 9.62 Å². The van der Waals surface area contributed by atoms with Crippen molar-refractivity contribution in [2.45, 2.75) is 17.7 Å². The van der Waals surface area contributed by atoms with Crippen LogP contribution in [0, 0.1) is 6.92 Å². The van der Waals surface area contributed by atoms with Crippen LogP contribution in [0.25, 0.3) is 0 Å². The van der Waals surface area contributed by atoms with Gasteiger partial charge in [0.05, 0.1) is 6.61 Å². The fraction of sp³-hybridized carbons (Fsp3) is 0.667. The molecule has 0 radical (unpaired) electrons. The summed E-state index contributed by atoms with van der Waals surface area (Å²) in [4.78, 5) is 2.92. The van der Waals surface area contributed by atoms with E-state index in [4.69, 9.17) is 10.5 Å². The maximum Gasteiger partial charge on any atom is 0.250 e. The van der Waals surface area contributed by atoms with Crippen LogP contribution >= 0.6 is 11.3 Å². The zero-order valence-electron chi connectivity index (χ0n) is 12.2. The number of hydrogen-bond acceptors (Lipinski definition) is 6. The lowest BCUT2D eigenvalue weighted by atomic mass is 10.3. The summed E-state index contributed by atoms with van der Waals surface area (Å²) in [7, 11) is 0.136. The van der Waals surface area contributed by atoms with Crippen molar-refractivity contribution in [1.29, 1.82) is 0 Å². The Balaban J connectivity index is 2.53. The number of nitrogens with zero attached hydrogens (tertiary/aromatic N) is 1. The Morgan fingerprint density at radius 3 is 2.70 bits per heavy atom. The molecule has 3 N–H and O–H groups in total. The van der Waals surface area contributed by atoms with E-state index in [1.807, 2.05) is 18.9 Å². The number of thiophene rings is 1. The average molecular weight is 321 g/mol. The van der Waals surface area contributed by atoms with Crippen LogP contribution in [0.15, 0.2) is 10.3 Å². The molecule has 1 aromatic heterocycles. The van der Waals surface area contributed by atoms with Gasteiger partial charge in [0.2, 0.25) is 10.0 Å². The van der Waals surface area contributed by atoms with Crippen molar-refractivity contribution in [2.75, 3.05) is 40.4 Å². The zero-order valence-corrected chi connectivity index (χ0v) is 13.8. The molecule has 1 heterocycles. The third-order valence-corrected chi connectivity index (χ3v) is 6.11. The zero-order chi connectivity index (χ0) is 15.2. The summed E-state index contributed by atoms with van der Waals surface area (Å²) in [6.07, 6.45) is 0. The van der Waals surface area contributed by atoms with E-state index in [1.165, 1.54) is 11.3 Å². The van der Waals surface area contributed by atoms with Gasteiger partial charge < -0.3 is 15.4 Å². The highest BCUT2D eigenvalue weighted by molar-refractivity contribution is 7.91. The monoisotopic (exact) mass is 321 g/mol. The standard InChI is InChI=1S/C12H23N3O3S2/c1-10-8-12(19-11(10)9-13)20(16,17)14-4-5-15(2)6-7-18-3/h8,14H,4-7,9,13H2,1-3H3. The summed E-state index contributed by atoms with van der Waals surface area (Å²) in [6.45, 7) is 4.65. The summed E-state index contributed by atoms with van der Waals surface area (Å²) < 4.78 is 32.2. The van der Waals surface area contributed by atoms with Crippen LogP contribution in [0.1, 0.15) is 10.4 Å². The van der Waals surface area contributed by atoms with Crippen molar-refractivity contribution in [3.05, 3.63) is 16.5 Å². The van der Waals surface area contributed by atoms with Gasteiger partial charge in [0.1, 0.15) is 4.21 Å². The molecule has 0 aliphatic rings. The van der Waals surface area contributed by atoms with E-state index in [0.29, 0.717) is 30.5 Å². The topological polar surface area (TPSA) is 84.7 Å². The Morgan fingerprint density at radius 1 is 1.45 bits per heavy atom. The smallest absolute Gasteiger partial charge is 0.250 e. The van der Waals surface area contributed by atoms with Crippen LogP contribution in [-0.2, 0) is 21.3 Å². The molecule has 116 valence electrons. The lowest BCUT2D eigenvalue weighted by molar-refractivity contribution is 0.162. The van der Waals surface area contributed by atoms with Crippen molar-refractivity contribution >= 4 is 21.4 Å². The Bertz CT molecular complexity index is 514. The van der Waals surface area contributed by atoms with E-state index in [9.17, 15) is 8.42 Å². The second kappa shape index (κ2) is 8.06. The van der Waals surface area contributed by atoms with Gasteiger partial charge >= 0.3 is 0 Å². The van der Waals surface area contributed by atoms with Crippen LogP contribution in [-0.4, -0.2) is 53.7 Å². The SMILES string of the molecule is COCCN(C)CCNS(=O)(=O)c1cc(C)c(CN)s1. The Hall–Kier alpha value is -0.510. The highest BCUT2D eigenvalue weighted by Gasteiger charge is 2.18. The summed E-state index contributed by atoms with van der Waals surface area (Å²) in [5.41, 5.74) is 6.50. The van der Waals surface area contributed by atoms with Gasteiger partial charge in [0.15, 0.2) is 0 Å². The van der Waals surface area contributed by atoms with Gasteiger partial charge in [-0.3, -0.25) is 0 Å². The van der Waals surface area contributed by atoms with Crippen LogP contribution in [0.3, 0.4) is 0 Å². The molecular weight excluding hydrogens is 298 g/mol. The second-order valence-electron chi connectivity index (χ2n) is 4.57.